The van der Waals surface area contributed by atoms with Gasteiger partial charge in [-0.15, -0.1) is 13.2 Å². The highest BCUT2D eigenvalue weighted by Crippen LogP contribution is 2.33. The van der Waals surface area contributed by atoms with Crippen LogP contribution >= 0.6 is 15.9 Å². The minimum atomic E-state index is -4.72. The van der Waals surface area contributed by atoms with Crippen molar-refractivity contribution in [3.05, 3.63) is 22.7 Å². The monoisotopic (exact) mass is 369 g/mol. The first-order valence-electron chi connectivity index (χ1n) is 6.32. The molecule has 0 aromatic heterocycles. The molecule has 0 saturated carbocycles. The molecule has 1 aliphatic heterocycles. The second-order valence-corrected chi connectivity index (χ2v) is 5.56. The summed E-state index contributed by atoms with van der Waals surface area (Å²) in [6.07, 6.45) is -4.76. The third-order valence-corrected chi connectivity index (χ3v) is 3.53. The van der Waals surface area contributed by atoms with E-state index in [1.54, 1.807) is 0 Å². The molecule has 1 unspecified atom stereocenters. The first-order valence-corrected chi connectivity index (χ1v) is 7.11. The molecule has 0 N–H and O–H groups in total. The smallest absolute Gasteiger partial charge is 0.491 e. The van der Waals surface area contributed by atoms with Crippen molar-refractivity contribution in [2.45, 2.75) is 12.5 Å². The van der Waals surface area contributed by atoms with Gasteiger partial charge in [-0.25, -0.2) is 0 Å². The number of nitrogens with zero attached hydrogens (tertiary/aromatic N) is 1. The highest BCUT2D eigenvalue weighted by atomic mass is 79.9. The van der Waals surface area contributed by atoms with E-state index in [1.165, 1.54) is 18.2 Å². The summed E-state index contributed by atoms with van der Waals surface area (Å²) in [6, 6.07) is 4.08. The Labute approximate surface area is 128 Å². The number of rotatable bonds is 4. The number of morpholine rings is 1. The van der Waals surface area contributed by atoms with Gasteiger partial charge in [0, 0.05) is 13.1 Å². The Hall–Kier alpha value is -0.990. The molecule has 21 heavy (non-hydrogen) atoms. The molecule has 2 rings (SSSR count). The van der Waals surface area contributed by atoms with Crippen molar-refractivity contribution in [3.8, 4) is 11.5 Å². The van der Waals surface area contributed by atoms with Gasteiger partial charge in [-0.3, -0.25) is 0 Å². The van der Waals surface area contributed by atoms with Crippen LogP contribution in [0.2, 0.25) is 0 Å². The van der Waals surface area contributed by atoms with Gasteiger partial charge >= 0.3 is 6.36 Å². The Balaban J connectivity index is 1.91. The van der Waals surface area contributed by atoms with Crippen molar-refractivity contribution in [2.75, 3.05) is 33.4 Å². The Morgan fingerprint density at radius 2 is 2.19 bits per heavy atom. The molecular weight excluding hydrogens is 355 g/mol. The lowest BCUT2D eigenvalue weighted by molar-refractivity contribution is -0.274. The van der Waals surface area contributed by atoms with Gasteiger partial charge in [0.25, 0.3) is 0 Å². The van der Waals surface area contributed by atoms with E-state index in [0.717, 1.165) is 13.1 Å². The molecule has 1 aromatic carbocycles. The highest BCUT2D eigenvalue weighted by Gasteiger charge is 2.32. The van der Waals surface area contributed by atoms with Gasteiger partial charge in [0.15, 0.2) is 0 Å². The maximum atomic E-state index is 12.2. The van der Waals surface area contributed by atoms with Crippen LogP contribution in [0.4, 0.5) is 13.2 Å². The molecule has 0 radical (unpaired) electrons. The maximum Gasteiger partial charge on any atom is 0.573 e. The van der Waals surface area contributed by atoms with E-state index < -0.39 is 6.36 Å². The van der Waals surface area contributed by atoms with Crippen LogP contribution in [0.5, 0.6) is 11.5 Å². The summed E-state index contributed by atoms with van der Waals surface area (Å²) in [5, 5.41) is 0. The average Bonchev–Trinajstić information content (AvgIpc) is 2.38. The summed E-state index contributed by atoms with van der Waals surface area (Å²) in [5.74, 6) is 0.150. The molecule has 1 aromatic rings. The van der Waals surface area contributed by atoms with Crippen molar-refractivity contribution < 1.29 is 27.4 Å². The third-order valence-electron chi connectivity index (χ3n) is 2.91. The second-order valence-electron chi connectivity index (χ2n) is 4.71. The van der Waals surface area contributed by atoms with Crippen LogP contribution in [-0.2, 0) is 4.74 Å². The maximum absolute atomic E-state index is 12.2. The average molecular weight is 370 g/mol. The Morgan fingerprint density at radius 3 is 2.81 bits per heavy atom. The van der Waals surface area contributed by atoms with Crippen molar-refractivity contribution in [1.82, 2.24) is 4.90 Å². The number of ether oxygens (including phenoxy) is 3. The lowest BCUT2D eigenvalue weighted by atomic mass is 10.3. The van der Waals surface area contributed by atoms with Gasteiger partial charge in [0.05, 0.1) is 11.1 Å². The molecule has 8 heteroatoms. The summed E-state index contributed by atoms with van der Waals surface area (Å²) in [6.45, 7) is 2.63. The van der Waals surface area contributed by atoms with Crippen molar-refractivity contribution in [1.29, 1.82) is 0 Å². The molecule has 1 fully saturated rings. The Kier molecular flexibility index (Phi) is 5.34. The molecule has 0 spiro atoms. The van der Waals surface area contributed by atoms with Crippen LogP contribution in [-0.4, -0.2) is 50.7 Å². The van der Waals surface area contributed by atoms with Crippen LogP contribution < -0.4 is 9.47 Å². The molecule has 4 nitrogen and oxygen atoms in total. The van der Waals surface area contributed by atoms with Gasteiger partial charge in [-0.1, -0.05) is 0 Å². The molecule has 1 saturated heterocycles. The second kappa shape index (κ2) is 6.85. The molecule has 0 amide bonds. The number of benzene rings is 1. The molecular formula is C13H15BrF3NO3. The summed E-state index contributed by atoms with van der Waals surface area (Å²) < 4.78 is 51.6. The first-order chi connectivity index (χ1) is 9.83. The van der Waals surface area contributed by atoms with Crippen LogP contribution in [0.3, 0.4) is 0 Å². The number of likely N-dealkylation sites (N-methyl/N-ethyl adjacent to an activating group) is 1. The lowest BCUT2D eigenvalue weighted by Gasteiger charge is -2.29. The minimum Gasteiger partial charge on any atom is -0.491 e. The minimum absolute atomic E-state index is 0.0476. The van der Waals surface area contributed by atoms with Crippen LogP contribution in [0.25, 0.3) is 0 Å². The first kappa shape index (κ1) is 16.4. The van der Waals surface area contributed by atoms with Crippen LogP contribution in [0.1, 0.15) is 0 Å². The van der Waals surface area contributed by atoms with E-state index in [1.807, 2.05) is 7.05 Å². The van der Waals surface area contributed by atoms with E-state index in [-0.39, 0.29) is 16.3 Å². The van der Waals surface area contributed by atoms with E-state index in [0.29, 0.717) is 19.0 Å². The Bertz CT molecular complexity index is 484. The number of alkyl halides is 3. The largest absolute Gasteiger partial charge is 0.573 e. The standard InChI is InChI=1S/C13H15BrF3NO3/c1-18-4-5-19-10(7-18)8-20-9-2-3-12(11(14)6-9)21-13(15,16)17/h2-3,6,10H,4-5,7-8H2,1H3. The summed E-state index contributed by atoms with van der Waals surface area (Å²) in [5.41, 5.74) is 0. The van der Waals surface area contributed by atoms with Crippen molar-refractivity contribution in [3.63, 3.8) is 0 Å². The normalized spacial score (nSPS) is 20.3. The third kappa shape index (κ3) is 5.37. The van der Waals surface area contributed by atoms with E-state index in [9.17, 15) is 13.2 Å². The van der Waals surface area contributed by atoms with Crippen molar-refractivity contribution >= 4 is 15.9 Å². The van der Waals surface area contributed by atoms with Crippen LogP contribution in [0, 0.1) is 0 Å². The number of hydrogen-bond donors (Lipinski definition) is 0. The van der Waals surface area contributed by atoms with Gasteiger partial charge < -0.3 is 19.1 Å². The molecule has 1 aliphatic rings. The van der Waals surface area contributed by atoms with E-state index in [2.05, 4.69) is 25.6 Å². The van der Waals surface area contributed by atoms with Gasteiger partial charge in [-0.05, 0) is 41.2 Å². The van der Waals surface area contributed by atoms with Gasteiger partial charge in [-0.2, -0.15) is 0 Å². The quantitative estimate of drug-likeness (QED) is 0.816. The van der Waals surface area contributed by atoms with Gasteiger partial charge in [0.1, 0.15) is 24.2 Å². The highest BCUT2D eigenvalue weighted by molar-refractivity contribution is 9.10. The zero-order valence-corrected chi connectivity index (χ0v) is 12.9. The molecule has 118 valence electrons. The lowest BCUT2D eigenvalue weighted by Crippen LogP contribution is -2.42. The Morgan fingerprint density at radius 1 is 1.43 bits per heavy atom. The van der Waals surface area contributed by atoms with Gasteiger partial charge in [0.2, 0.25) is 0 Å². The predicted octanol–water partition coefficient (Wildman–Crippen LogP) is 3.06. The van der Waals surface area contributed by atoms with Crippen molar-refractivity contribution in [2.24, 2.45) is 0 Å². The zero-order valence-electron chi connectivity index (χ0n) is 11.3. The summed E-state index contributed by atoms with van der Waals surface area (Å²) in [7, 11) is 2.00. The molecule has 0 bridgehead atoms. The van der Waals surface area contributed by atoms with Crippen LogP contribution in [0.15, 0.2) is 22.7 Å². The zero-order chi connectivity index (χ0) is 15.5. The summed E-state index contributed by atoms with van der Waals surface area (Å²) >= 11 is 3.03. The molecule has 1 atom stereocenters. The number of hydrogen-bond acceptors (Lipinski definition) is 4. The molecule has 1 heterocycles. The fraction of sp³-hybridized carbons (Fsp3) is 0.538. The fourth-order valence-electron chi connectivity index (χ4n) is 1.94. The SMILES string of the molecule is CN1CCOC(COc2ccc(OC(F)(F)F)c(Br)c2)C1. The van der Waals surface area contributed by atoms with E-state index in [4.69, 9.17) is 9.47 Å². The predicted molar refractivity (Wildman–Crippen MR) is 73.6 cm³/mol. The molecule has 0 aliphatic carbocycles. The number of halogens is 4. The fourth-order valence-corrected chi connectivity index (χ4v) is 2.37. The topological polar surface area (TPSA) is 30.9 Å². The summed E-state index contributed by atoms with van der Waals surface area (Å²) in [4.78, 5) is 2.13. The van der Waals surface area contributed by atoms with E-state index >= 15 is 0 Å².